The van der Waals surface area contributed by atoms with Crippen molar-refractivity contribution in [1.29, 1.82) is 0 Å². The van der Waals surface area contributed by atoms with E-state index in [1.807, 2.05) is 0 Å². The van der Waals surface area contributed by atoms with E-state index in [2.05, 4.69) is 31.1 Å². The molecule has 1 aromatic rings. The summed E-state index contributed by atoms with van der Waals surface area (Å²) in [6, 6.07) is 0. The average Bonchev–Trinajstić information content (AvgIpc) is 2.97. The Balaban J connectivity index is 2.09. The molecular weight excluding hydrogens is 276 g/mol. The van der Waals surface area contributed by atoms with Gasteiger partial charge < -0.3 is 15.2 Å². The van der Waals surface area contributed by atoms with Crippen molar-refractivity contribution in [3.8, 4) is 0 Å². The lowest BCUT2D eigenvalue weighted by molar-refractivity contribution is 0.0854. The number of hydrogen-bond acceptors (Lipinski definition) is 5. The van der Waals surface area contributed by atoms with Gasteiger partial charge in [0.2, 0.25) is 0 Å². The van der Waals surface area contributed by atoms with Gasteiger partial charge in [-0.15, -0.1) is 11.3 Å². The van der Waals surface area contributed by atoms with Crippen LogP contribution in [0.1, 0.15) is 48.3 Å². The van der Waals surface area contributed by atoms with E-state index >= 15 is 0 Å². The molecule has 2 N–H and O–H groups in total. The highest BCUT2D eigenvalue weighted by Crippen LogP contribution is 2.28. The van der Waals surface area contributed by atoms with E-state index in [-0.39, 0.29) is 17.9 Å². The molecule has 0 aromatic carbocycles. The zero-order valence-corrected chi connectivity index (χ0v) is 13.0. The number of carbonyl (C=O) groups excluding carboxylic acids is 1. The average molecular weight is 298 g/mol. The van der Waals surface area contributed by atoms with Gasteiger partial charge >= 0.3 is 0 Å². The lowest BCUT2D eigenvalue weighted by atomic mass is 9.94. The minimum Gasteiger partial charge on any atom is -0.396 e. The molecule has 1 saturated heterocycles. The second-order valence-corrected chi connectivity index (χ2v) is 7.32. The van der Waals surface area contributed by atoms with Crippen molar-refractivity contribution in [3.05, 3.63) is 16.1 Å². The summed E-state index contributed by atoms with van der Waals surface area (Å²) in [6.45, 7) is 7.35. The summed E-state index contributed by atoms with van der Waals surface area (Å²) < 4.78 is 5.37. The van der Waals surface area contributed by atoms with E-state index < -0.39 is 5.54 Å². The molecule has 1 atom stereocenters. The zero-order chi connectivity index (χ0) is 14.8. The van der Waals surface area contributed by atoms with Gasteiger partial charge in [-0.3, -0.25) is 4.79 Å². The molecule has 0 bridgehead atoms. The molecule has 112 valence electrons. The maximum Gasteiger partial charge on any atom is 0.263 e. The summed E-state index contributed by atoms with van der Waals surface area (Å²) in [4.78, 5) is 17.3. The first kappa shape index (κ1) is 15.4. The standard InChI is InChI=1S/C14H22N2O3S/c1-13(2,3)12-15-8-10(20-12)11(18)16-14(4-6-17)5-7-19-9-14/h8,17H,4-7,9H2,1-3H3,(H,16,18). The Kier molecular flexibility index (Phi) is 4.46. The second-order valence-electron chi connectivity index (χ2n) is 6.29. The lowest BCUT2D eigenvalue weighted by Gasteiger charge is -2.27. The predicted octanol–water partition coefficient (Wildman–Crippen LogP) is 1.71. The molecule has 5 nitrogen and oxygen atoms in total. The van der Waals surface area contributed by atoms with Gasteiger partial charge in [0, 0.05) is 18.6 Å². The van der Waals surface area contributed by atoms with E-state index in [0.29, 0.717) is 24.5 Å². The summed E-state index contributed by atoms with van der Waals surface area (Å²) in [7, 11) is 0. The molecule has 0 saturated carbocycles. The van der Waals surface area contributed by atoms with Gasteiger partial charge in [0.15, 0.2) is 0 Å². The number of thiazole rings is 1. The van der Waals surface area contributed by atoms with Gasteiger partial charge in [0.1, 0.15) is 4.88 Å². The Labute approximate surface area is 123 Å². The van der Waals surface area contributed by atoms with Crippen molar-refractivity contribution in [1.82, 2.24) is 10.3 Å². The predicted molar refractivity (Wildman–Crippen MR) is 78.2 cm³/mol. The van der Waals surface area contributed by atoms with Gasteiger partial charge in [0.05, 0.1) is 23.4 Å². The van der Waals surface area contributed by atoms with Crippen molar-refractivity contribution in [2.75, 3.05) is 19.8 Å². The second kappa shape index (κ2) is 5.79. The molecule has 2 heterocycles. The minimum absolute atomic E-state index is 0.0412. The van der Waals surface area contributed by atoms with Crippen LogP contribution in [0.2, 0.25) is 0 Å². The summed E-state index contributed by atoms with van der Waals surface area (Å²) in [6.07, 6.45) is 2.89. The van der Waals surface area contributed by atoms with E-state index in [1.54, 1.807) is 6.20 Å². The number of aliphatic hydroxyl groups is 1. The Morgan fingerprint density at radius 1 is 1.60 bits per heavy atom. The summed E-state index contributed by atoms with van der Waals surface area (Å²) in [5, 5.41) is 13.1. The molecule has 20 heavy (non-hydrogen) atoms. The van der Waals surface area contributed by atoms with Crippen LogP contribution in [0.4, 0.5) is 0 Å². The Hall–Kier alpha value is -0.980. The van der Waals surface area contributed by atoms with Gasteiger partial charge in [-0.05, 0) is 12.8 Å². The SMILES string of the molecule is CC(C)(C)c1ncc(C(=O)NC2(CCO)CCOC2)s1. The molecule has 1 aromatic heterocycles. The molecule has 1 aliphatic rings. The van der Waals surface area contributed by atoms with Crippen molar-refractivity contribution in [2.45, 2.75) is 44.6 Å². The molecule has 6 heteroatoms. The third-order valence-corrected chi connectivity index (χ3v) is 4.87. The van der Waals surface area contributed by atoms with E-state index in [1.165, 1.54) is 11.3 Å². The number of carbonyl (C=O) groups is 1. The first-order valence-electron chi connectivity index (χ1n) is 6.84. The molecule has 0 radical (unpaired) electrons. The zero-order valence-electron chi connectivity index (χ0n) is 12.2. The third-order valence-electron chi connectivity index (χ3n) is 3.44. The van der Waals surface area contributed by atoms with Crippen LogP contribution in [0.5, 0.6) is 0 Å². The number of nitrogens with zero attached hydrogens (tertiary/aromatic N) is 1. The number of hydrogen-bond donors (Lipinski definition) is 2. The Bertz CT molecular complexity index is 473. The summed E-state index contributed by atoms with van der Waals surface area (Å²) in [5.41, 5.74) is -0.486. The minimum atomic E-state index is -0.433. The molecule has 1 aliphatic heterocycles. The quantitative estimate of drug-likeness (QED) is 0.888. The van der Waals surface area contributed by atoms with Crippen LogP contribution in [0.25, 0.3) is 0 Å². The highest BCUT2D eigenvalue weighted by molar-refractivity contribution is 7.13. The monoisotopic (exact) mass is 298 g/mol. The van der Waals surface area contributed by atoms with Crippen LogP contribution in [0.3, 0.4) is 0 Å². The van der Waals surface area contributed by atoms with Gasteiger partial charge in [-0.1, -0.05) is 20.8 Å². The Morgan fingerprint density at radius 2 is 2.35 bits per heavy atom. The van der Waals surface area contributed by atoms with Gasteiger partial charge in [-0.2, -0.15) is 0 Å². The van der Waals surface area contributed by atoms with E-state index in [4.69, 9.17) is 9.84 Å². The number of amides is 1. The number of aromatic nitrogens is 1. The van der Waals surface area contributed by atoms with Crippen LogP contribution >= 0.6 is 11.3 Å². The van der Waals surface area contributed by atoms with Crippen LogP contribution < -0.4 is 5.32 Å². The van der Waals surface area contributed by atoms with Crippen molar-refractivity contribution < 1.29 is 14.6 Å². The number of rotatable bonds is 4. The number of aliphatic hydroxyl groups excluding tert-OH is 1. The van der Waals surface area contributed by atoms with E-state index in [0.717, 1.165) is 11.4 Å². The van der Waals surface area contributed by atoms with Crippen molar-refractivity contribution in [2.24, 2.45) is 0 Å². The molecule has 0 spiro atoms. The Morgan fingerprint density at radius 3 is 2.85 bits per heavy atom. The van der Waals surface area contributed by atoms with Gasteiger partial charge in [0.25, 0.3) is 5.91 Å². The fraction of sp³-hybridized carbons (Fsp3) is 0.714. The highest BCUT2D eigenvalue weighted by atomic mass is 32.1. The normalized spacial score (nSPS) is 23.0. The largest absolute Gasteiger partial charge is 0.396 e. The molecule has 2 rings (SSSR count). The third kappa shape index (κ3) is 3.37. The van der Waals surface area contributed by atoms with Crippen LogP contribution in [-0.2, 0) is 10.2 Å². The number of ether oxygens (including phenoxy) is 1. The van der Waals surface area contributed by atoms with Crippen LogP contribution in [0.15, 0.2) is 6.20 Å². The van der Waals surface area contributed by atoms with Crippen LogP contribution in [0, 0.1) is 0 Å². The molecular formula is C14H22N2O3S. The summed E-state index contributed by atoms with van der Waals surface area (Å²) in [5.74, 6) is -0.128. The van der Waals surface area contributed by atoms with Gasteiger partial charge in [-0.25, -0.2) is 4.98 Å². The fourth-order valence-electron chi connectivity index (χ4n) is 2.21. The highest BCUT2D eigenvalue weighted by Gasteiger charge is 2.36. The number of nitrogens with one attached hydrogen (secondary N) is 1. The molecule has 1 unspecified atom stereocenters. The van der Waals surface area contributed by atoms with Crippen molar-refractivity contribution >= 4 is 17.2 Å². The first-order valence-corrected chi connectivity index (χ1v) is 7.65. The van der Waals surface area contributed by atoms with E-state index in [9.17, 15) is 4.79 Å². The molecule has 0 aliphatic carbocycles. The molecule has 1 amide bonds. The smallest absolute Gasteiger partial charge is 0.263 e. The maximum absolute atomic E-state index is 12.3. The topological polar surface area (TPSA) is 71.5 Å². The molecule has 1 fully saturated rings. The fourth-order valence-corrected chi connectivity index (χ4v) is 3.08. The summed E-state index contributed by atoms with van der Waals surface area (Å²) >= 11 is 1.42. The first-order chi connectivity index (χ1) is 9.36. The van der Waals surface area contributed by atoms with Crippen LogP contribution in [-0.4, -0.2) is 41.4 Å². The maximum atomic E-state index is 12.3. The van der Waals surface area contributed by atoms with Crippen molar-refractivity contribution in [3.63, 3.8) is 0 Å². The lowest BCUT2D eigenvalue weighted by Crippen LogP contribution is -2.49.